The molecule has 2 atom stereocenters. The molecule has 2 aromatic rings. The number of nitrogens with two attached hydrogens (primary N) is 1. The van der Waals surface area contributed by atoms with Gasteiger partial charge in [0.2, 0.25) is 11.8 Å². The number of methoxy groups -OCH3 is 1. The monoisotopic (exact) mass is 566 g/mol. The number of nitrogens with zero attached hydrogens (tertiary/aromatic N) is 1. The number of aryl methyl sites for hydroxylation is 1. The van der Waals surface area contributed by atoms with E-state index in [1.165, 1.54) is 0 Å². The smallest absolute Gasteiger partial charge is 0.408 e. The van der Waals surface area contributed by atoms with Crippen molar-refractivity contribution in [3.8, 4) is 5.75 Å². The summed E-state index contributed by atoms with van der Waals surface area (Å²) in [4.78, 5) is 54.5. The molecule has 3 rings (SSSR count). The van der Waals surface area contributed by atoms with E-state index >= 15 is 0 Å². The van der Waals surface area contributed by atoms with Crippen molar-refractivity contribution in [3.63, 3.8) is 0 Å². The SMILES string of the molecule is COc1ccc(NC(=O)C(c2cccc(C)c2C)N(C(=O)C(CCC(N)=O)NC(=O)OC(C)(C)C)C2CCC2)cc1. The van der Waals surface area contributed by atoms with Crippen LogP contribution < -0.4 is 21.1 Å². The van der Waals surface area contributed by atoms with E-state index in [-0.39, 0.29) is 18.9 Å². The molecule has 0 spiro atoms. The Morgan fingerprint density at radius 2 is 1.71 bits per heavy atom. The lowest BCUT2D eigenvalue weighted by molar-refractivity contribution is -0.146. The Hall–Kier alpha value is -4.08. The van der Waals surface area contributed by atoms with E-state index in [4.69, 9.17) is 15.2 Å². The van der Waals surface area contributed by atoms with E-state index < -0.39 is 41.5 Å². The molecule has 4 N–H and O–H groups in total. The molecule has 0 radical (unpaired) electrons. The van der Waals surface area contributed by atoms with Gasteiger partial charge in [0.1, 0.15) is 23.4 Å². The van der Waals surface area contributed by atoms with Gasteiger partial charge >= 0.3 is 6.09 Å². The molecular weight excluding hydrogens is 524 g/mol. The number of nitrogens with one attached hydrogen (secondary N) is 2. The Labute approximate surface area is 241 Å². The Kier molecular flexibility index (Phi) is 10.4. The van der Waals surface area contributed by atoms with Gasteiger partial charge in [0.25, 0.3) is 5.91 Å². The molecule has 4 amide bonds. The number of primary amides is 1. The minimum absolute atomic E-state index is 0.0315. The molecule has 41 heavy (non-hydrogen) atoms. The third-order valence-corrected chi connectivity index (χ3v) is 7.22. The van der Waals surface area contributed by atoms with Gasteiger partial charge in [-0.3, -0.25) is 14.4 Å². The molecule has 0 heterocycles. The van der Waals surface area contributed by atoms with Crippen LogP contribution in [0.15, 0.2) is 42.5 Å². The lowest BCUT2D eigenvalue weighted by Gasteiger charge is -2.44. The van der Waals surface area contributed by atoms with E-state index in [2.05, 4.69) is 10.6 Å². The lowest BCUT2D eigenvalue weighted by atomic mass is 9.86. The van der Waals surface area contributed by atoms with Crippen LogP contribution in [-0.4, -0.2) is 53.5 Å². The van der Waals surface area contributed by atoms with Crippen molar-refractivity contribution >= 4 is 29.5 Å². The zero-order chi connectivity index (χ0) is 30.3. The van der Waals surface area contributed by atoms with Crippen molar-refractivity contribution in [2.24, 2.45) is 5.73 Å². The molecule has 1 aliphatic carbocycles. The van der Waals surface area contributed by atoms with Crippen molar-refractivity contribution < 1.29 is 28.7 Å². The van der Waals surface area contributed by atoms with Crippen LogP contribution in [0.2, 0.25) is 0 Å². The van der Waals surface area contributed by atoms with Crippen LogP contribution in [0, 0.1) is 13.8 Å². The largest absolute Gasteiger partial charge is 0.497 e. The fourth-order valence-corrected chi connectivity index (χ4v) is 4.73. The second kappa shape index (κ2) is 13.5. The zero-order valence-corrected chi connectivity index (χ0v) is 24.8. The molecule has 222 valence electrons. The highest BCUT2D eigenvalue weighted by Gasteiger charge is 2.42. The van der Waals surface area contributed by atoms with Gasteiger partial charge in [0, 0.05) is 18.2 Å². The van der Waals surface area contributed by atoms with Gasteiger partial charge < -0.3 is 30.7 Å². The third-order valence-electron chi connectivity index (χ3n) is 7.22. The maximum atomic E-state index is 14.3. The number of ether oxygens (including phenoxy) is 2. The van der Waals surface area contributed by atoms with Crippen molar-refractivity contribution in [2.75, 3.05) is 12.4 Å². The normalized spacial score (nSPS) is 14.7. The van der Waals surface area contributed by atoms with Crippen molar-refractivity contribution in [3.05, 3.63) is 59.2 Å². The van der Waals surface area contributed by atoms with E-state index in [1.54, 1.807) is 57.0 Å². The molecule has 1 fully saturated rings. The fraction of sp³-hybridized carbons (Fsp3) is 0.484. The fourth-order valence-electron chi connectivity index (χ4n) is 4.73. The third kappa shape index (κ3) is 8.45. The molecule has 1 aliphatic rings. The summed E-state index contributed by atoms with van der Waals surface area (Å²) in [7, 11) is 1.56. The predicted octanol–water partition coefficient (Wildman–Crippen LogP) is 4.53. The molecule has 2 aromatic carbocycles. The summed E-state index contributed by atoms with van der Waals surface area (Å²) in [6.07, 6.45) is 1.36. The average Bonchev–Trinajstić information content (AvgIpc) is 2.86. The van der Waals surface area contributed by atoms with Crippen LogP contribution in [0.25, 0.3) is 0 Å². The maximum Gasteiger partial charge on any atom is 0.408 e. The summed E-state index contributed by atoms with van der Waals surface area (Å²) in [5, 5.41) is 5.60. The minimum Gasteiger partial charge on any atom is -0.497 e. The molecular formula is C31H42N4O6. The van der Waals surface area contributed by atoms with E-state index in [1.807, 2.05) is 32.0 Å². The number of amides is 4. The number of hydrogen-bond donors (Lipinski definition) is 3. The predicted molar refractivity (Wildman–Crippen MR) is 156 cm³/mol. The zero-order valence-electron chi connectivity index (χ0n) is 24.8. The number of carbonyl (C=O) groups excluding carboxylic acids is 4. The van der Waals surface area contributed by atoms with Crippen LogP contribution in [-0.2, 0) is 19.1 Å². The first kappa shape index (κ1) is 31.4. The highest BCUT2D eigenvalue weighted by atomic mass is 16.6. The standard InChI is InChI=1S/C31H42N4O6/c1-19-9-7-12-24(20(19)2)27(28(37)33-21-13-15-23(40-6)16-14-21)35(22-10-8-11-22)29(38)25(17-18-26(32)36)34-30(39)41-31(3,4)5/h7,9,12-16,22,25,27H,8,10-11,17-18H2,1-6H3,(H2,32,36)(H,33,37)(H,34,39). The molecule has 0 saturated heterocycles. The average molecular weight is 567 g/mol. The Bertz CT molecular complexity index is 1250. The molecule has 10 nitrogen and oxygen atoms in total. The van der Waals surface area contributed by atoms with Crippen LogP contribution in [0.3, 0.4) is 0 Å². The molecule has 2 unspecified atom stereocenters. The lowest BCUT2D eigenvalue weighted by Crippen LogP contribution is -2.57. The number of anilines is 1. The van der Waals surface area contributed by atoms with Gasteiger partial charge in [-0.1, -0.05) is 18.2 Å². The second-order valence-corrected chi connectivity index (χ2v) is 11.4. The first-order chi connectivity index (χ1) is 19.3. The van der Waals surface area contributed by atoms with Crippen LogP contribution in [0.1, 0.15) is 75.6 Å². The summed E-state index contributed by atoms with van der Waals surface area (Å²) >= 11 is 0. The van der Waals surface area contributed by atoms with Crippen LogP contribution >= 0.6 is 0 Å². The number of alkyl carbamates (subject to hydrolysis) is 1. The quantitative estimate of drug-likeness (QED) is 0.365. The summed E-state index contributed by atoms with van der Waals surface area (Å²) in [6.45, 7) is 9.02. The minimum atomic E-state index is -1.13. The van der Waals surface area contributed by atoms with Crippen molar-refractivity contribution in [1.82, 2.24) is 10.2 Å². The summed E-state index contributed by atoms with van der Waals surface area (Å²) in [5.41, 5.74) is 7.70. The first-order valence-corrected chi connectivity index (χ1v) is 13.9. The van der Waals surface area contributed by atoms with E-state index in [0.717, 1.165) is 17.5 Å². The van der Waals surface area contributed by atoms with E-state index in [9.17, 15) is 19.2 Å². The van der Waals surface area contributed by atoms with Crippen LogP contribution in [0.5, 0.6) is 5.75 Å². The van der Waals surface area contributed by atoms with Gasteiger partial charge in [0.05, 0.1) is 7.11 Å². The molecule has 0 aliphatic heterocycles. The first-order valence-electron chi connectivity index (χ1n) is 13.9. The molecule has 0 bridgehead atoms. The van der Waals surface area contributed by atoms with E-state index in [0.29, 0.717) is 29.8 Å². The van der Waals surface area contributed by atoms with Crippen molar-refractivity contribution in [2.45, 2.75) is 90.4 Å². The van der Waals surface area contributed by atoms with Gasteiger partial charge in [-0.25, -0.2) is 4.79 Å². The number of carbonyl (C=O) groups is 4. The van der Waals surface area contributed by atoms with Gasteiger partial charge in [0.15, 0.2) is 0 Å². The Morgan fingerprint density at radius 3 is 2.24 bits per heavy atom. The molecule has 1 saturated carbocycles. The number of rotatable bonds is 11. The highest BCUT2D eigenvalue weighted by molar-refractivity contribution is 5.99. The van der Waals surface area contributed by atoms with Crippen LogP contribution in [0.4, 0.5) is 10.5 Å². The second-order valence-electron chi connectivity index (χ2n) is 11.4. The van der Waals surface area contributed by atoms with Gasteiger partial charge in [-0.2, -0.15) is 0 Å². The molecule has 10 heteroatoms. The van der Waals surface area contributed by atoms with Gasteiger partial charge in [-0.15, -0.1) is 0 Å². The maximum absolute atomic E-state index is 14.3. The Balaban J connectivity index is 2.05. The topological polar surface area (TPSA) is 140 Å². The number of hydrogen-bond acceptors (Lipinski definition) is 6. The summed E-state index contributed by atoms with van der Waals surface area (Å²) in [6, 6.07) is 10.2. The summed E-state index contributed by atoms with van der Waals surface area (Å²) in [5.74, 6) is -0.828. The van der Waals surface area contributed by atoms with Crippen molar-refractivity contribution in [1.29, 1.82) is 0 Å². The number of benzene rings is 2. The van der Waals surface area contributed by atoms with Gasteiger partial charge in [-0.05, 0) is 101 Å². The summed E-state index contributed by atoms with van der Waals surface area (Å²) < 4.78 is 10.6. The molecule has 0 aromatic heterocycles. The Morgan fingerprint density at radius 1 is 1.05 bits per heavy atom. The highest BCUT2D eigenvalue weighted by Crippen LogP contribution is 2.36.